The Kier molecular flexibility index (Phi) is 6.55. The van der Waals surface area contributed by atoms with Gasteiger partial charge in [-0.1, -0.05) is 48.0 Å². The minimum Gasteiger partial charge on any atom is -0.335 e. The van der Waals surface area contributed by atoms with E-state index in [-0.39, 0.29) is 22.8 Å². The van der Waals surface area contributed by atoms with E-state index < -0.39 is 11.4 Å². The molecule has 0 bridgehead atoms. The van der Waals surface area contributed by atoms with Crippen LogP contribution in [0.15, 0.2) is 42.5 Å². The zero-order valence-electron chi connectivity index (χ0n) is 20.0. The molecule has 34 heavy (non-hydrogen) atoms. The highest BCUT2D eigenvalue weighted by molar-refractivity contribution is 6.33. The first-order valence-electron chi connectivity index (χ1n) is 11.2. The quantitative estimate of drug-likeness (QED) is 0.442. The molecule has 2 amide bonds. The highest BCUT2D eigenvalue weighted by Crippen LogP contribution is 2.42. The number of rotatable bonds is 6. The molecule has 1 atom stereocenters. The van der Waals surface area contributed by atoms with Crippen LogP contribution in [-0.4, -0.2) is 46.7 Å². The molecule has 9 heteroatoms. The third kappa shape index (κ3) is 4.48. The van der Waals surface area contributed by atoms with Crippen molar-refractivity contribution in [3.05, 3.63) is 75.7 Å². The second-order valence-corrected chi connectivity index (χ2v) is 9.83. The predicted octanol–water partition coefficient (Wildman–Crippen LogP) is 5.32. The van der Waals surface area contributed by atoms with Crippen LogP contribution in [0.25, 0.3) is 0 Å². The van der Waals surface area contributed by atoms with Crippen LogP contribution in [-0.2, 0) is 12.1 Å². The van der Waals surface area contributed by atoms with Crippen LogP contribution in [0.1, 0.15) is 42.3 Å². The number of fused-ring (bicyclic) bond motifs is 1. The summed E-state index contributed by atoms with van der Waals surface area (Å²) in [4.78, 5) is 17.3. The molecule has 3 N–H and O–H groups in total. The second-order valence-electron chi connectivity index (χ2n) is 9.42. The fourth-order valence-corrected chi connectivity index (χ4v) is 4.54. The molecule has 0 aliphatic carbocycles. The number of nitrogens with zero attached hydrogens (tertiary/aromatic N) is 3. The number of nitrogens with one attached hydrogen (secondary N) is 3. The molecular weight excluding hydrogens is 455 g/mol. The van der Waals surface area contributed by atoms with Gasteiger partial charge in [-0.3, -0.25) is 5.10 Å². The lowest BCUT2D eigenvalue weighted by Gasteiger charge is -2.34. The minimum atomic E-state index is -0.638. The van der Waals surface area contributed by atoms with E-state index in [2.05, 4.69) is 20.8 Å². The molecule has 1 aliphatic heterocycles. The normalized spacial score (nSPS) is 15.4. The van der Waals surface area contributed by atoms with Crippen molar-refractivity contribution < 1.29 is 9.18 Å². The number of benzene rings is 2. The van der Waals surface area contributed by atoms with Crippen molar-refractivity contribution in [1.82, 2.24) is 25.3 Å². The Morgan fingerprint density at radius 3 is 2.65 bits per heavy atom. The zero-order chi connectivity index (χ0) is 24.6. The number of aromatic nitrogens is 2. The van der Waals surface area contributed by atoms with E-state index in [1.165, 1.54) is 0 Å². The van der Waals surface area contributed by atoms with Gasteiger partial charge in [-0.05, 0) is 52.1 Å². The second kappa shape index (κ2) is 9.27. The van der Waals surface area contributed by atoms with Crippen LogP contribution in [0, 0.1) is 12.7 Å². The zero-order valence-corrected chi connectivity index (χ0v) is 20.8. The Bertz CT molecular complexity index is 1190. The first kappa shape index (κ1) is 24.0. The third-order valence-corrected chi connectivity index (χ3v) is 6.61. The van der Waals surface area contributed by atoms with E-state index >= 15 is 0 Å². The van der Waals surface area contributed by atoms with Crippen molar-refractivity contribution in [2.45, 2.75) is 38.9 Å². The molecule has 0 fully saturated rings. The molecule has 4 rings (SSSR count). The van der Waals surface area contributed by atoms with E-state index in [0.717, 1.165) is 16.8 Å². The number of aryl methyl sites for hydroxylation is 1. The summed E-state index contributed by atoms with van der Waals surface area (Å²) < 4.78 is 14.7. The van der Waals surface area contributed by atoms with Gasteiger partial charge in [0.15, 0.2) is 11.6 Å². The van der Waals surface area contributed by atoms with Gasteiger partial charge in [0.2, 0.25) is 0 Å². The van der Waals surface area contributed by atoms with E-state index in [1.807, 2.05) is 63.2 Å². The number of carbonyl (C=O) groups is 1. The predicted molar refractivity (Wildman–Crippen MR) is 133 cm³/mol. The molecule has 2 aromatic carbocycles. The van der Waals surface area contributed by atoms with Crippen molar-refractivity contribution in [1.29, 1.82) is 0 Å². The van der Waals surface area contributed by atoms with Gasteiger partial charge >= 0.3 is 6.03 Å². The number of carbonyl (C=O) groups excluding carboxylic acids is 1. The molecule has 1 unspecified atom stereocenters. The summed E-state index contributed by atoms with van der Waals surface area (Å²) in [5.41, 5.74) is 2.66. The Morgan fingerprint density at radius 1 is 1.26 bits per heavy atom. The van der Waals surface area contributed by atoms with Gasteiger partial charge in [-0.15, -0.1) is 0 Å². The summed E-state index contributed by atoms with van der Waals surface area (Å²) in [6.07, 6.45) is 0. The number of anilines is 2. The first-order valence-corrected chi connectivity index (χ1v) is 11.5. The van der Waals surface area contributed by atoms with E-state index in [4.69, 9.17) is 11.6 Å². The van der Waals surface area contributed by atoms with E-state index in [1.54, 1.807) is 24.0 Å². The fraction of sp³-hybridized carbons (Fsp3) is 0.360. The van der Waals surface area contributed by atoms with Crippen molar-refractivity contribution >= 4 is 29.1 Å². The molecular formula is C25H30ClFN6O. The smallest absolute Gasteiger partial charge is 0.319 e. The molecule has 7 nitrogen and oxygen atoms in total. The number of aromatic amines is 1. The summed E-state index contributed by atoms with van der Waals surface area (Å²) in [6, 6.07) is 12.8. The standard InChI is InChI=1S/C25H30ClFN6O/c1-15-11-12-18(26)21(20(15)27)29-23-17-13-33(25(2,3)22(17)30-31-23)24(34)28-19(14-32(4)5)16-9-7-6-8-10-16/h6-12,19H,13-14H2,1-5H3,(H,28,34)(H2,29,30,31). The van der Waals surface area contributed by atoms with Crippen molar-refractivity contribution in [2.24, 2.45) is 0 Å². The van der Waals surface area contributed by atoms with E-state index in [9.17, 15) is 9.18 Å². The third-order valence-electron chi connectivity index (χ3n) is 6.29. The van der Waals surface area contributed by atoms with Crippen LogP contribution < -0.4 is 10.6 Å². The molecule has 2 heterocycles. The number of hydrogen-bond acceptors (Lipinski definition) is 4. The van der Waals surface area contributed by atoms with Gasteiger partial charge in [-0.25, -0.2) is 9.18 Å². The Balaban J connectivity index is 1.58. The van der Waals surface area contributed by atoms with Crippen molar-refractivity contribution in [2.75, 3.05) is 26.0 Å². The molecule has 0 saturated carbocycles. The Morgan fingerprint density at radius 2 is 1.97 bits per heavy atom. The van der Waals surface area contributed by atoms with Crippen LogP contribution in [0.5, 0.6) is 0 Å². The minimum absolute atomic E-state index is 0.172. The number of likely N-dealkylation sites (N-methyl/N-ethyl adjacent to an activating group) is 1. The molecule has 3 aromatic rings. The SMILES string of the molecule is Cc1ccc(Cl)c(Nc2n[nH]c3c2CN(C(=O)NC(CN(C)C)c2ccccc2)C3(C)C)c1F. The summed E-state index contributed by atoms with van der Waals surface area (Å²) in [5, 5.41) is 13.9. The molecule has 180 valence electrons. The Labute approximate surface area is 204 Å². The lowest BCUT2D eigenvalue weighted by atomic mass is 10.0. The van der Waals surface area contributed by atoms with Crippen LogP contribution in [0.3, 0.4) is 0 Å². The Hall–Kier alpha value is -3.10. The average Bonchev–Trinajstić information content (AvgIpc) is 3.31. The highest BCUT2D eigenvalue weighted by atomic mass is 35.5. The fourth-order valence-electron chi connectivity index (χ4n) is 4.35. The lowest BCUT2D eigenvalue weighted by Crippen LogP contribution is -2.48. The maximum atomic E-state index is 14.7. The molecule has 0 saturated heterocycles. The topological polar surface area (TPSA) is 76.3 Å². The van der Waals surface area contributed by atoms with Crippen LogP contribution in [0.2, 0.25) is 5.02 Å². The average molecular weight is 485 g/mol. The first-order chi connectivity index (χ1) is 16.1. The summed E-state index contributed by atoms with van der Waals surface area (Å²) in [6.45, 7) is 6.59. The number of H-pyrrole nitrogens is 1. The number of amides is 2. The van der Waals surface area contributed by atoms with Crippen molar-refractivity contribution in [3.8, 4) is 0 Å². The number of urea groups is 1. The number of hydrogen-bond donors (Lipinski definition) is 3. The van der Waals surface area contributed by atoms with Gasteiger partial charge in [-0.2, -0.15) is 5.10 Å². The molecule has 0 radical (unpaired) electrons. The van der Waals surface area contributed by atoms with E-state index in [0.29, 0.717) is 24.5 Å². The molecule has 0 spiro atoms. The highest BCUT2D eigenvalue weighted by Gasteiger charge is 2.44. The molecule has 1 aromatic heterocycles. The number of halogens is 2. The largest absolute Gasteiger partial charge is 0.335 e. The van der Waals surface area contributed by atoms with Crippen molar-refractivity contribution in [3.63, 3.8) is 0 Å². The monoisotopic (exact) mass is 484 g/mol. The summed E-state index contributed by atoms with van der Waals surface area (Å²) in [5.74, 6) is 0.0307. The van der Waals surface area contributed by atoms with Gasteiger partial charge in [0.25, 0.3) is 0 Å². The van der Waals surface area contributed by atoms with Gasteiger partial charge in [0, 0.05) is 12.1 Å². The van der Waals surface area contributed by atoms with Gasteiger partial charge < -0.3 is 20.4 Å². The van der Waals surface area contributed by atoms with Gasteiger partial charge in [0.05, 0.1) is 34.5 Å². The maximum absolute atomic E-state index is 14.7. The van der Waals surface area contributed by atoms with Crippen LogP contribution >= 0.6 is 11.6 Å². The maximum Gasteiger partial charge on any atom is 0.319 e. The molecule has 1 aliphatic rings. The van der Waals surface area contributed by atoms with Crippen LogP contribution in [0.4, 0.5) is 20.7 Å². The lowest BCUT2D eigenvalue weighted by molar-refractivity contribution is 0.138. The summed E-state index contributed by atoms with van der Waals surface area (Å²) >= 11 is 6.24. The van der Waals surface area contributed by atoms with Gasteiger partial charge in [0.1, 0.15) is 0 Å². The summed E-state index contributed by atoms with van der Waals surface area (Å²) in [7, 11) is 3.96.